The second-order valence-corrected chi connectivity index (χ2v) is 11.9. The number of rotatable bonds is 0. The molecule has 38 valence electrons. The number of hydrogen-bond acceptors (Lipinski definition) is 6. The standard InChI is InChI=1S/Cd.6O. The van der Waals surface area contributed by atoms with E-state index >= 15 is 0 Å². The third kappa shape index (κ3) is 1030. The fourth-order valence-corrected chi connectivity index (χ4v) is 0. The summed E-state index contributed by atoms with van der Waals surface area (Å²) in [5.74, 6) is 0. The van der Waals surface area contributed by atoms with E-state index < -0.39 is 18.2 Å². The first-order valence-electron chi connectivity index (χ1n) is 1.73. The van der Waals surface area contributed by atoms with Crippen LogP contribution in [-0.4, -0.2) is 0 Å². The maximum absolute atomic E-state index is 9.95. The van der Waals surface area contributed by atoms with Gasteiger partial charge in [-0.15, -0.1) is 0 Å². The predicted octanol–water partition coefficient (Wildman–Crippen LogP) is -0.715. The Labute approximate surface area is 34.7 Å². The van der Waals surface area contributed by atoms with Gasteiger partial charge in [0.05, 0.1) is 0 Å². The zero-order chi connectivity index (χ0) is 6.41. The van der Waals surface area contributed by atoms with Crippen molar-refractivity contribution in [2.45, 2.75) is 0 Å². The van der Waals surface area contributed by atoms with Gasteiger partial charge >= 0.3 is 34.3 Å². The summed E-state index contributed by atoms with van der Waals surface area (Å²) in [6.07, 6.45) is 0. The minimum atomic E-state index is -9.95. The van der Waals surface area contributed by atoms with Crippen LogP contribution in [0.3, 0.4) is 0 Å². The van der Waals surface area contributed by atoms with Crippen LogP contribution in [0.2, 0.25) is 0 Å². The fraction of sp³-hybridized carbons (Fsp3) is 0. The van der Waals surface area contributed by atoms with Gasteiger partial charge in [-0.2, -0.15) is 0 Å². The van der Waals surface area contributed by atoms with Crippen molar-refractivity contribution in [1.29, 1.82) is 0 Å². The molecule has 0 aliphatic carbocycles. The molecule has 0 saturated heterocycles. The number of hydrogen-bond donors (Lipinski definition) is 0. The molecule has 0 amide bonds. The van der Waals surface area contributed by atoms with Gasteiger partial charge < -0.3 is 0 Å². The van der Waals surface area contributed by atoms with Gasteiger partial charge in [-0.1, -0.05) is 0 Å². The summed E-state index contributed by atoms with van der Waals surface area (Å²) in [5.41, 5.74) is 0. The van der Waals surface area contributed by atoms with E-state index in [1.54, 1.807) is 0 Å². The van der Waals surface area contributed by atoms with Crippen molar-refractivity contribution in [3.8, 4) is 0 Å². The van der Waals surface area contributed by atoms with E-state index in [0.717, 1.165) is 0 Å². The molecular formula is CdO6. The van der Waals surface area contributed by atoms with Gasteiger partial charge in [-0.3, -0.25) is 0 Å². The Morgan fingerprint density at radius 1 is 0.571 bits per heavy atom. The average Bonchev–Trinajstić information content (AvgIpc) is 0.592. The van der Waals surface area contributed by atoms with Gasteiger partial charge in [0, 0.05) is 0 Å². The third-order valence-electron chi connectivity index (χ3n) is 0. The van der Waals surface area contributed by atoms with Crippen LogP contribution >= 0.6 is 0 Å². The summed E-state index contributed by atoms with van der Waals surface area (Å²) in [6, 6.07) is 0. The molecule has 0 aliphatic rings. The van der Waals surface area contributed by atoms with Crippen molar-refractivity contribution in [2.75, 3.05) is 0 Å². The van der Waals surface area contributed by atoms with Gasteiger partial charge in [0.2, 0.25) is 0 Å². The zero-order valence-electron chi connectivity index (χ0n) is 3.16. The Kier molecular flexibility index (Phi) is 0.565. The van der Waals surface area contributed by atoms with Gasteiger partial charge in [0.15, 0.2) is 0 Å². The van der Waals surface area contributed by atoms with Crippen molar-refractivity contribution in [1.82, 2.24) is 0 Å². The molecular weight excluding hydrogens is 208 g/mol. The van der Waals surface area contributed by atoms with Gasteiger partial charge in [0.1, 0.15) is 0 Å². The Bertz CT molecular complexity index is 432. The Hall–Kier alpha value is -0.278. The van der Waals surface area contributed by atoms with Crippen LogP contribution in [0.1, 0.15) is 0 Å². The second-order valence-electron chi connectivity index (χ2n) is 1.77. The molecule has 0 bridgehead atoms. The van der Waals surface area contributed by atoms with Crippen molar-refractivity contribution in [3.05, 3.63) is 0 Å². The molecule has 0 unspecified atom stereocenters. The molecule has 0 atom stereocenters. The first-order valence-corrected chi connectivity index (χ1v) is 11.6. The van der Waals surface area contributed by atoms with Crippen molar-refractivity contribution >= 4 is 0 Å². The van der Waals surface area contributed by atoms with Crippen LogP contribution in [0.5, 0.6) is 0 Å². The van der Waals surface area contributed by atoms with Crippen LogP contribution in [0.25, 0.3) is 0 Å². The van der Waals surface area contributed by atoms with Crippen molar-refractivity contribution < 1.29 is 34.3 Å². The molecule has 0 aromatic rings. The molecule has 0 aliphatic heterocycles. The Balaban J connectivity index is 8.86. The molecule has 0 rings (SSSR count). The summed E-state index contributed by atoms with van der Waals surface area (Å²) in [4.78, 5) is 0. The molecule has 0 fully saturated rings. The first-order chi connectivity index (χ1) is 2.45. The average molecular weight is 208 g/mol. The van der Waals surface area contributed by atoms with Gasteiger partial charge in [0.25, 0.3) is 0 Å². The van der Waals surface area contributed by atoms with E-state index in [0.29, 0.717) is 0 Å². The molecule has 7 heteroatoms. The molecule has 0 N–H and O–H groups in total. The monoisotopic (exact) mass is 210 g/mol. The zero-order valence-corrected chi connectivity index (χ0v) is 7.19. The summed E-state index contributed by atoms with van der Waals surface area (Å²) in [6.45, 7) is 0. The molecule has 0 heterocycles. The quantitative estimate of drug-likeness (QED) is 0.487. The maximum atomic E-state index is 8.70. The fourth-order valence-electron chi connectivity index (χ4n) is 0. The van der Waals surface area contributed by atoms with Crippen LogP contribution in [0, 0.1) is 0 Å². The van der Waals surface area contributed by atoms with Crippen LogP contribution < -0.4 is 0 Å². The van der Waals surface area contributed by atoms with Crippen LogP contribution in [-0.2, 0) is 34.3 Å². The molecule has 0 spiro atoms. The SMILES string of the molecule is [O]=[Cd](=[O])(=[O])(=[O])(=[O])=[O]. The molecule has 6 nitrogen and oxygen atoms in total. The Morgan fingerprint density at radius 3 is 0.571 bits per heavy atom. The first kappa shape index (κ1) is 6.72. The summed E-state index contributed by atoms with van der Waals surface area (Å²) >= 11 is -9.95. The summed E-state index contributed by atoms with van der Waals surface area (Å²) in [7, 11) is 0. The van der Waals surface area contributed by atoms with E-state index in [-0.39, 0.29) is 0 Å². The van der Waals surface area contributed by atoms with E-state index in [1.807, 2.05) is 0 Å². The molecule has 0 radical (unpaired) electrons. The van der Waals surface area contributed by atoms with E-state index in [9.17, 15) is 0 Å². The van der Waals surface area contributed by atoms with Gasteiger partial charge in [-0.05, 0) is 0 Å². The summed E-state index contributed by atoms with van der Waals surface area (Å²) < 4.78 is 52.2. The second kappa shape index (κ2) is 0.589. The Morgan fingerprint density at radius 2 is 0.571 bits per heavy atom. The third-order valence-corrected chi connectivity index (χ3v) is 0. The normalized spacial score (nSPS) is 22.3. The predicted molar refractivity (Wildman–Crippen MR) is 4.12 cm³/mol. The molecule has 0 aromatic carbocycles. The van der Waals surface area contributed by atoms with Crippen molar-refractivity contribution in [3.63, 3.8) is 0 Å². The minimum absolute atomic E-state index is 8.70. The van der Waals surface area contributed by atoms with E-state index in [4.69, 9.17) is 16.1 Å². The molecule has 7 heavy (non-hydrogen) atoms. The summed E-state index contributed by atoms with van der Waals surface area (Å²) in [5, 5.41) is 0. The molecule has 0 aromatic heterocycles. The van der Waals surface area contributed by atoms with Gasteiger partial charge in [-0.25, -0.2) is 0 Å². The van der Waals surface area contributed by atoms with Crippen LogP contribution in [0.15, 0.2) is 0 Å². The van der Waals surface area contributed by atoms with Crippen molar-refractivity contribution in [2.24, 2.45) is 0 Å². The van der Waals surface area contributed by atoms with E-state index in [2.05, 4.69) is 0 Å². The van der Waals surface area contributed by atoms with Crippen LogP contribution in [0.4, 0.5) is 0 Å². The van der Waals surface area contributed by atoms with E-state index in [1.165, 1.54) is 0 Å². The molecule has 0 saturated carbocycles. The topological polar surface area (TPSA) is 102 Å².